The van der Waals surface area contributed by atoms with Gasteiger partial charge in [-0.2, -0.15) is 0 Å². The van der Waals surface area contributed by atoms with Crippen LogP contribution < -0.4 is 0 Å². The highest BCUT2D eigenvalue weighted by molar-refractivity contribution is 5.88. The Bertz CT molecular complexity index is 555. The van der Waals surface area contributed by atoms with Gasteiger partial charge in [0.1, 0.15) is 0 Å². The summed E-state index contributed by atoms with van der Waals surface area (Å²) in [5.41, 5.74) is 4.15. The Morgan fingerprint density at radius 2 is 1.71 bits per heavy atom. The minimum atomic E-state index is 0.507. The zero-order chi connectivity index (χ0) is 11.8. The van der Waals surface area contributed by atoms with Crippen molar-refractivity contribution in [1.29, 1.82) is 0 Å². The minimum Gasteiger partial charge on any atom is -0.257 e. The molecule has 0 saturated heterocycles. The summed E-state index contributed by atoms with van der Waals surface area (Å²) in [6.07, 6.45) is 5.00. The van der Waals surface area contributed by atoms with Gasteiger partial charge in [0.05, 0.1) is 5.69 Å². The molecule has 1 heterocycles. The Morgan fingerprint density at radius 1 is 1.00 bits per heavy atom. The van der Waals surface area contributed by atoms with Crippen molar-refractivity contribution in [2.24, 2.45) is 0 Å². The van der Waals surface area contributed by atoms with Crippen LogP contribution in [0.4, 0.5) is 0 Å². The Morgan fingerprint density at radius 3 is 2.47 bits per heavy atom. The van der Waals surface area contributed by atoms with E-state index in [0.29, 0.717) is 5.92 Å². The maximum Gasteiger partial charge on any atom is 0.0510 e. The first kappa shape index (κ1) is 10.8. The molecule has 0 N–H and O–H groups in total. The van der Waals surface area contributed by atoms with Crippen molar-refractivity contribution in [3.63, 3.8) is 0 Å². The van der Waals surface area contributed by atoms with Crippen LogP contribution in [0.5, 0.6) is 0 Å². The molecule has 0 amide bonds. The molecule has 0 atom stereocenters. The molecule has 0 saturated carbocycles. The van der Waals surface area contributed by atoms with Crippen molar-refractivity contribution in [3.05, 3.63) is 41.2 Å². The van der Waals surface area contributed by atoms with Gasteiger partial charge in [0.15, 0.2) is 0 Å². The van der Waals surface area contributed by atoms with Crippen LogP contribution in [0.2, 0.25) is 0 Å². The molecule has 1 aromatic carbocycles. The minimum absolute atomic E-state index is 0.507. The molecule has 0 spiro atoms. The van der Waals surface area contributed by atoms with E-state index in [1.165, 1.54) is 53.4 Å². The van der Waals surface area contributed by atoms with Crippen LogP contribution >= 0.6 is 0 Å². The van der Waals surface area contributed by atoms with Gasteiger partial charge < -0.3 is 0 Å². The first-order chi connectivity index (χ1) is 8.27. The molecule has 2 aromatic rings. The smallest absolute Gasteiger partial charge is 0.0510 e. The lowest BCUT2D eigenvalue weighted by atomic mass is 9.89. The number of nitrogens with zero attached hydrogens (tertiary/aromatic N) is 1. The molecule has 0 radical (unpaired) electrons. The van der Waals surface area contributed by atoms with E-state index in [1.54, 1.807) is 0 Å². The monoisotopic (exact) mass is 225 g/mol. The molecule has 1 heteroatoms. The molecule has 3 rings (SSSR count). The summed E-state index contributed by atoms with van der Waals surface area (Å²) in [4.78, 5) is 4.94. The summed E-state index contributed by atoms with van der Waals surface area (Å²) in [7, 11) is 0. The van der Waals surface area contributed by atoms with Crippen molar-refractivity contribution in [2.75, 3.05) is 0 Å². The topological polar surface area (TPSA) is 12.9 Å². The predicted octanol–water partition coefficient (Wildman–Crippen LogP) is 4.24. The molecule has 1 nitrogen and oxygen atoms in total. The van der Waals surface area contributed by atoms with Gasteiger partial charge >= 0.3 is 0 Å². The van der Waals surface area contributed by atoms with Gasteiger partial charge in [-0.05, 0) is 42.6 Å². The van der Waals surface area contributed by atoms with Gasteiger partial charge in [0, 0.05) is 11.1 Å². The van der Waals surface area contributed by atoms with Crippen LogP contribution in [0.3, 0.4) is 0 Å². The quantitative estimate of drug-likeness (QED) is 0.707. The second kappa shape index (κ2) is 4.14. The van der Waals surface area contributed by atoms with Crippen LogP contribution in [-0.2, 0) is 12.8 Å². The first-order valence-electron chi connectivity index (χ1n) is 6.68. The molecule has 0 bridgehead atoms. The second-order valence-corrected chi connectivity index (χ2v) is 5.33. The predicted molar refractivity (Wildman–Crippen MR) is 72.5 cm³/mol. The average Bonchev–Trinajstić information content (AvgIpc) is 2.37. The maximum atomic E-state index is 4.94. The second-order valence-electron chi connectivity index (χ2n) is 5.33. The van der Waals surface area contributed by atoms with Gasteiger partial charge in [-0.3, -0.25) is 4.98 Å². The number of pyridine rings is 1. The van der Waals surface area contributed by atoms with E-state index in [0.717, 1.165) is 0 Å². The number of rotatable bonds is 1. The normalized spacial score (nSPS) is 15.2. The third kappa shape index (κ3) is 1.74. The molecule has 0 fully saturated rings. The van der Waals surface area contributed by atoms with Gasteiger partial charge in [-0.25, -0.2) is 0 Å². The largest absolute Gasteiger partial charge is 0.257 e. The molecule has 1 aromatic heterocycles. The fraction of sp³-hybridized carbons (Fsp3) is 0.438. The van der Waals surface area contributed by atoms with Crippen LogP contribution in [-0.4, -0.2) is 4.98 Å². The lowest BCUT2D eigenvalue weighted by molar-refractivity contribution is 0.664. The summed E-state index contributed by atoms with van der Waals surface area (Å²) >= 11 is 0. The number of benzene rings is 1. The van der Waals surface area contributed by atoms with Crippen molar-refractivity contribution < 1.29 is 0 Å². The van der Waals surface area contributed by atoms with Crippen molar-refractivity contribution >= 4 is 10.8 Å². The Kier molecular flexibility index (Phi) is 2.62. The molecule has 17 heavy (non-hydrogen) atoms. The van der Waals surface area contributed by atoms with E-state index < -0.39 is 0 Å². The molecule has 1 aliphatic carbocycles. The van der Waals surface area contributed by atoms with Gasteiger partial charge in [0.2, 0.25) is 0 Å². The van der Waals surface area contributed by atoms with Gasteiger partial charge in [0.25, 0.3) is 0 Å². The summed E-state index contributed by atoms with van der Waals surface area (Å²) in [5, 5.41) is 2.81. The number of fused-ring (bicyclic) bond motifs is 3. The summed E-state index contributed by atoms with van der Waals surface area (Å²) in [6, 6.07) is 8.78. The third-order valence-electron chi connectivity index (χ3n) is 3.77. The van der Waals surface area contributed by atoms with E-state index >= 15 is 0 Å². The zero-order valence-corrected chi connectivity index (χ0v) is 10.7. The molecular weight excluding hydrogens is 206 g/mol. The summed E-state index contributed by atoms with van der Waals surface area (Å²) in [6.45, 7) is 4.48. The van der Waals surface area contributed by atoms with Gasteiger partial charge in [-0.15, -0.1) is 0 Å². The molecule has 0 unspecified atom stereocenters. The number of hydrogen-bond donors (Lipinski definition) is 0. The fourth-order valence-electron chi connectivity index (χ4n) is 2.92. The Balaban J connectivity index is 2.35. The highest BCUT2D eigenvalue weighted by Gasteiger charge is 2.17. The van der Waals surface area contributed by atoms with Crippen LogP contribution in [0, 0.1) is 0 Å². The molecular formula is C16H19N. The third-order valence-corrected chi connectivity index (χ3v) is 3.77. The fourth-order valence-corrected chi connectivity index (χ4v) is 2.92. The summed E-state index contributed by atoms with van der Waals surface area (Å²) in [5.74, 6) is 0.507. The lowest BCUT2D eigenvalue weighted by Crippen LogP contribution is -2.09. The SMILES string of the molecule is CC(C)c1nc2c(c3ccccc13)CCCC2. The zero-order valence-electron chi connectivity index (χ0n) is 10.7. The summed E-state index contributed by atoms with van der Waals surface area (Å²) < 4.78 is 0. The average molecular weight is 225 g/mol. The number of aryl methyl sites for hydroxylation is 2. The van der Waals surface area contributed by atoms with E-state index in [9.17, 15) is 0 Å². The molecule has 88 valence electrons. The molecule has 0 aliphatic heterocycles. The Labute approximate surface area is 103 Å². The van der Waals surface area contributed by atoms with Gasteiger partial charge in [-0.1, -0.05) is 38.1 Å². The van der Waals surface area contributed by atoms with Crippen LogP contribution in [0.25, 0.3) is 10.8 Å². The standard InChI is InChI=1S/C16H19N/c1-11(2)16-14-9-4-3-7-12(14)13-8-5-6-10-15(13)17-16/h3-4,7,9,11H,5-6,8,10H2,1-2H3. The first-order valence-corrected chi connectivity index (χ1v) is 6.68. The van der Waals surface area contributed by atoms with Crippen molar-refractivity contribution in [3.8, 4) is 0 Å². The van der Waals surface area contributed by atoms with E-state index in [1.807, 2.05) is 0 Å². The van der Waals surface area contributed by atoms with Crippen molar-refractivity contribution in [1.82, 2.24) is 4.98 Å². The highest BCUT2D eigenvalue weighted by Crippen LogP contribution is 2.32. The van der Waals surface area contributed by atoms with E-state index in [2.05, 4.69) is 38.1 Å². The lowest BCUT2D eigenvalue weighted by Gasteiger charge is -2.20. The number of aromatic nitrogens is 1. The van der Waals surface area contributed by atoms with Crippen LogP contribution in [0.15, 0.2) is 24.3 Å². The van der Waals surface area contributed by atoms with E-state index in [4.69, 9.17) is 4.98 Å². The molecule has 1 aliphatic rings. The highest BCUT2D eigenvalue weighted by atomic mass is 14.7. The Hall–Kier alpha value is -1.37. The van der Waals surface area contributed by atoms with Crippen molar-refractivity contribution in [2.45, 2.75) is 45.4 Å². The van der Waals surface area contributed by atoms with E-state index in [-0.39, 0.29) is 0 Å². The maximum absolute atomic E-state index is 4.94. The van der Waals surface area contributed by atoms with Crippen LogP contribution in [0.1, 0.15) is 49.6 Å². The number of hydrogen-bond acceptors (Lipinski definition) is 1.